The first kappa shape index (κ1) is 25.4. The van der Waals surface area contributed by atoms with Crippen molar-refractivity contribution >= 4 is 40.0 Å². The van der Waals surface area contributed by atoms with Crippen LogP contribution in [0.1, 0.15) is 68.3 Å². The molecule has 1 aromatic heterocycles. The number of carbonyl (C=O) groups is 4. The maximum absolute atomic E-state index is 13.8. The first-order chi connectivity index (χ1) is 17.8. The zero-order valence-electron chi connectivity index (χ0n) is 21.9. The summed E-state index contributed by atoms with van der Waals surface area (Å²) < 4.78 is 7.81. The molecule has 1 aliphatic carbocycles. The van der Waals surface area contributed by atoms with E-state index in [9.17, 15) is 19.2 Å². The average molecular weight is 509 g/mol. The van der Waals surface area contributed by atoms with Crippen LogP contribution in [0.5, 0.6) is 0 Å². The molecule has 3 aliphatic rings. The molecule has 2 aromatic rings. The lowest BCUT2D eigenvalue weighted by molar-refractivity contribution is -0.139. The van der Waals surface area contributed by atoms with E-state index < -0.39 is 6.04 Å². The largest absolute Gasteiger partial charge is 0.388 e. The third kappa shape index (κ3) is 4.65. The Morgan fingerprint density at radius 2 is 2.03 bits per heavy atom. The van der Waals surface area contributed by atoms with Gasteiger partial charge >= 0.3 is 0 Å². The minimum Gasteiger partial charge on any atom is -0.388 e. The number of aromatic nitrogens is 1. The molecular weight excluding hydrogens is 472 g/mol. The number of nitrogens with one attached hydrogen (secondary N) is 2. The van der Waals surface area contributed by atoms with Crippen molar-refractivity contribution in [1.29, 1.82) is 0 Å². The van der Waals surface area contributed by atoms with Crippen molar-refractivity contribution in [1.82, 2.24) is 14.8 Å². The van der Waals surface area contributed by atoms with Crippen molar-refractivity contribution in [3.05, 3.63) is 29.5 Å². The van der Waals surface area contributed by atoms with Crippen molar-refractivity contribution in [2.75, 3.05) is 25.6 Å². The number of hydrogen-bond donors (Lipinski definition) is 2. The SMILES string of the molecule is CCC(=O)[C@@H]1C[C@]23COCCCCC(=O)NCc4cc(NC)cc5c(C(C)=O)cn(c45)CC(=O)N1[C@@H]2C3. The van der Waals surface area contributed by atoms with Crippen LogP contribution in [0.4, 0.5) is 5.69 Å². The van der Waals surface area contributed by atoms with E-state index in [4.69, 9.17) is 4.74 Å². The molecule has 3 atom stereocenters. The fraction of sp³-hybridized carbons (Fsp3) is 0.571. The highest BCUT2D eigenvalue weighted by atomic mass is 16.5. The number of ketones is 2. The molecule has 3 heterocycles. The lowest BCUT2D eigenvalue weighted by Crippen LogP contribution is -2.44. The Bertz CT molecular complexity index is 1270. The number of rotatable bonds is 4. The molecule has 0 unspecified atom stereocenters. The van der Waals surface area contributed by atoms with Gasteiger partial charge in [-0.2, -0.15) is 0 Å². The first-order valence-electron chi connectivity index (χ1n) is 13.3. The van der Waals surface area contributed by atoms with Crippen molar-refractivity contribution in [2.45, 2.75) is 77.5 Å². The topological polar surface area (TPSA) is 110 Å². The van der Waals surface area contributed by atoms with Gasteiger partial charge in [0.2, 0.25) is 11.8 Å². The van der Waals surface area contributed by atoms with Crippen LogP contribution < -0.4 is 10.6 Å². The predicted octanol–water partition coefficient (Wildman–Crippen LogP) is 3.04. The van der Waals surface area contributed by atoms with E-state index >= 15 is 0 Å². The Morgan fingerprint density at radius 1 is 1.22 bits per heavy atom. The van der Waals surface area contributed by atoms with Gasteiger partial charge < -0.3 is 24.8 Å². The van der Waals surface area contributed by atoms with Crippen molar-refractivity contribution in [2.24, 2.45) is 5.41 Å². The third-order valence-corrected chi connectivity index (χ3v) is 8.26. The van der Waals surface area contributed by atoms with Crippen LogP contribution in [0.15, 0.2) is 18.3 Å². The van der Waals surface area contributed by atoms with Gasteiger partial charge in [-0.15, -0.1) is 0 Å². The van der Waals surface area contributed by atoms with Gasteiger partial charge in [0.25, 0.3) is 0 Å². The molecule has 2 aliphatic heterocycles. The molecule has 2 bridgehead atoms. The first-order valence-corrected chi connectivity index (χ1v) is 13.3. The molecule has 2 amide bonds. The number of carbonyl (C=O) groups excluding carboxylic acids is 4. The highest BCUT2D eigenvalue weighted by molar-refractivity contribution is 6.09. The van der Waals surface area contributed by atoms with Crippen molar-refractivity contribution in [3.8, 4) is 0 Å². The summed E-state index contributed by atoms with van der Waals surface area (Å²) in [5.41, 5.74) is 2.77. The Hall–Kier alpha value is -3.20. The summed E-state index contributed by atoms with van der Waals surface area (Å²) in [6.45, 7) is 4.75. The predicted molar refractivity (Wildman–Crippen MR) is 139 cm³/mol. The van der Waals surface area contributed by atoms with E-state index in [2.05, 4.69) is 10.6 Å². The van der Waals surface area contributed by atoms with E-state index in [1.807, 2.05) is 23.6 Å². The van der Waals surface area contributed by atoms with E-state index in [1.54, 1.807) is 18.1 Å². The molecule has 9 heteroatoms. The second-order valence-corrected chi connectivity index (χ2v) is 10.7. The van der Waals surface area contributed by atoms with Gasteiger partial charge in [-0.1, -0.05) is 6.92 Å². The fourth-order valence-corrected chi connectivity index (χ4v) is 6.19. The minimum atomic E-state index is -0.428. The molecule has 198 valence electrons. The van der Waals surface area contributed by atoms with Gasteiger partial charge in [0.05, 0.1) is 18.2 Å². The molecule has 2 N–H and O–H groups in total. The van der Waals surface area contributed by atoms with Gasteiger partial charge in [0, 0.05) is 67.3 Å². The highest BCUT2D eigenvalue weighted by Crippen LogP contribution is 2.60. The molecule has 1 saturated carbocycles. The summed E-state index contributed by atoms with van der Waals surface area (Å²) in [6.07, 6.45) is 5.51. The molecular formula is C28H36N4O5. The number of ether oxygens (including phenoxy) is 1. The summed E-state index contributed by atoms with van der Waals surface area (Å²) in [6, 6.07) is 3.43. The van der Waals surface area contributed by atoms with Crippen LogP contribution in [-0.4, -0.2) is 65.2 Å². The molecule has 5 rings (SSSR count). The summed E-state index contributed by atoms with van der Waals surface area (Å²) in [7, 11) is 1.81. The van der Waals surface area contributed by atoms with Gasteiger partial charge in [-0.3, -0.25) is 19.2 Å². The standard InChI is InChI=1S/C28H36N4O5/c1-4-23(34)22-11-28-12-24(28)32(22)26(36)15-31-14-21(17(2)33)20-10-19(29-3)9-18(27(20)31)13-30-25(35)7-5-6-8-37-16-28/h9-10,14,22,24,29H,4-8,11-13,15-16H2,1-3H3,(H,30,35)/t22-,24+,28-/m0/s1. The second-order valence-electron chi connectivity index (χ2n) is 10.7. The van der Waals surface area contributed by atoms with Crippen LogP contribution in [0.3, 0.4) is 0 Å². The van der Waals surface area contributed by atoms with Crippen LogP contribution >= 0.6 is 0 Å². The monoisotopic (exact) mass is 508 g/mol. The van der Waals surface area contributed by atoms with Gasteiger partial charge in [0.15, 0.2) is 11.6 Å². The number of benzene rings is 1. The highest BCUT2D eigenvalue weighted by Gasteiger charge is 2.66. The molecule has 1 aromatic carbocycles. The fourth-order valence-electron chi connectivity index (χ4n) is 6.19. The quantitative estimate of drug-likeness (QED) is 0.615. The van der Waals surface area contributed by atoms with Crippen LogP contribution in [-0.2, 0) is 32.2 Å². The third-order valence-electron chi connectivity index (χ3n) is 8.26. The molecule has 1 saturated heterocycles. The maximum atomic E-state index is 13.8. The second kappa shape index (κ2) is 9.93. The molecule has 0 radical (unpaired) electrons. The zero-order chi connectivity index (χ0) is 26.3. The van der Waals surface area contributed by atoms with Crippen LogP contribution in [0.25, 0.3) is 10.9 Å². The van der Waals surface area contributed by atoms with Gasteiger partial charge in [0.1, 0.15) is 6.54 Å². The molecule has 9 nitrogen and oxygen atoms in total. The Labute approximate surface area is 216 Å². The van der Waals surface area contributed by atoms with E-state index in [1.165, 1.54) is 6.92 Å². The normalized spacial score (nSPS) is 26.4. The lowest BCUT2D eigenvalue weighted by atomic mass is 9.97. The summed E-state index contributed by atoms with van der Waals surface area (Å²) >= 11 is 0. The summed E-state index contributed by atoms with van der Waals surface area (Å²) in [4.78, 5) is 53.7. The number of Topliss-reactive ketones (excluding diaryl/α,β-unsaturated/α-hetero) is 2. The maximum Gasteiger partial charge on any atom is 0.243 e. The Kier molecular flexibility index (Phi) is 6.83. The van der Waals surface area contributed by atoms with E-state index in [0.717, 1.165) is 41.4 Å². The number of hydrogen-bond acceptors (Lipinski definition) is 6. The average Bonchev–Trinajstić information content (AvgIpc) is 3.29. The van der Waals surface area contributed by atoms with Crippen molar-refractivity contribution in [3.63, 3.8) is 0 Å². The van der Waals surface area contributed by atoms with E-state index in [-0.39, 0.29) is 47.9 Å². The molecule has 2 fully saturated rings. The minimum absolute atomic E-state index is 0.00361. The van der Waals surface area contributed by atoms with Crippen molar-refractivity contribution < 1.29 is 23.9 Å². The smallest absolute Gasteiger partial charge is 0.243 e. The van der Waals surface area contributed by atoms with Crippen LogP contribution in [0.2, 0.25) is 0 Å². The zero-order valence-corrected chi connectivity index (χ0v) is 21.9. The number of amides is 2. The summed E-state index contributed by atoms with van der Waals surface area (Å²) in [5, 5.41) is 6.88. The Morgan fingerprint density at radius 3 is 2.76 bits per heavy atom. The Balaban J connectivity index is 1.58. The molecule has 0 spiro atoms. The summed E-state index contributed by atoms with van der Waals surface area (Å²) in [5.74, 6) is -0.182. The van der Waals surface area contributed by atoms with Crippen LogP contribution in [0, 0.1) is 5.41 Å². The lowest BCUT2D eigenvalue weighted by Gasteiger charge is -2.27. The van der Waals surface area contributed by atoms with Gasteiger partial charge in [-0.05, 0) is 50.3 Å². The van der Waals surface area contributed by atoms with Gasteiger partial charge in [-0.25, -0.2) is 0 Å². The van der Waals surface area contributed by atoms with E-state index in [0.29, 0.717) is 38.0 Å². The number of nitrogens with zero attached hydrogens (tertiary/aromatic N) is 2. The molecule has 37 heavy (non-hydrogen) atoms. The number of piperidine rings is 1. The number of anilines is 1.